The number of hydrogen-bond acceptors (Lipinski definition) is 3. The molecular formula is C20H20N2O. The van der Waals surface area contributed by atoms with Gasteiger partial charge in [-0.05, 0) is 36.5 Å². The van der Waals surface area contributed by atoms with Gasteiger partial charge in [-0.3, -0.25) is 10.0 Å². The quantitative estimate of drug-likeness (QED) is 0.786. The molecule has 4 rings (SSSR count). The van der Waals surface area contributed by atoms with Crippen LogP contribution in [0.2, 0.25) is 0 Å². The molecule has 0 amide bonds. The molecular weight excluding hydrogens is 284 g/mol. The van der Waals surface area contributed by atoms with Gasteiger partial charge in [-0.2, -0.15) is 0 Å². The molecule has 2 aliphatic heterocycles. The molecule has 3 heteroatoms. The lowest BCUT2D eigenvalue weighted by Crippen LogP contribution is -2.44. The summed E-state index contributed by atoms with van der Waals surface area (Å²) in [5.41, 5.74) is 4.63. The molecule has 1 fully saturated rings. The number of carbonyl (C=O) groups excluding carboxylic acids is 1. The van der Waals surface area contributed by atoms with Crippen molar-refractivity contribution in [3.8, 4) is 0 Å². The Bertz CT molecular complexity index is 749. The molecule has 3 nitrogen and oxygen atoms in total. The summed E-state index contributed by atoms with van der Waals surface area (Å²) in [6.45, 7) is 0.950. The maximum absolute atomic E-state index is 11.5. The summed E-state index contributed by atoms with van der Waals surface area (Å²) in [6.07, 6.45) is 3.98. The molecule has 0 spiro atoms. The van der Waals surface area contributed by atoms with Gasteiger partial charge >= 0.3 is 0 Å². The van der Waals surface area contributed by atoms with Gasteiger partial charge < -0.3 is 0 Å². The van der Waals surface area contributed by atoms with E-state index in [2.05, 4.69) is 64.5 Å². The van der Waals surface area contributed by atoms with E-state index in [4.69, 9.17) is 0 Å². The van der Waals surface area contributed by atoms with Crippen LogP contribution in [0.3, 0.4) is 0 Å². The van der Waals surface area contributed by atoms with E-state index >= 15 is 0 Å². The van der Waals surface area contributed by atoms with E-state index in [1.165, 1.54) is 16.8 Å². The van der Waals surface area contributed by atoms with Gasteiger partial charge in [0.25, 0.3) is 0 Å². The minimum atomic E-state index is 0.221. The van der Waals surface area contributed by atoms with Crippen molar-refractivity contribution >= 4 is 11.6 Å². The third-order valence-corrected chi connectivity index (χ3v) is 4.87. The number of para-hydroxylation sites is 1. The lowest BCUT2D eigenvalue weighted by atomic mass is 10.0. The minimum Gasteiger partial charge on any atom is -0.284 e. The number of rotatable bonds is 2. The Morgan fingerprint density at radius 1 is 0.957 bits per heavy atom. The highest BCUT2D eigenvalue weighted by atomic mass is 16.1. The van der Waals surface area contributed by atoms with E-state index in [1.807, 2.05) is 6.07 Å². The van der Waals surface area contributed by atoms with E-state index in [9.17, 15) is 4.79 Å². The van der Waals surface area contributed by atoms with Crippen LogP contribution in [-0.4, -0.2) is 17.5 Å². The lowest BCUT2D eigenvalue weighted by molar-refractivity contribution is 0.266. The maximum Gasteiger partial charge on any atom is 0.147 e. The summed E-state index contributed by atoms with van der Waals surface area (Å²) >= 11 is 0. The average molecular weight is 304 g/mol. The monoisotopic (exact) mass is 304 g/mol. The zero-order valence-electron chi connectivity index (χ0n) is 13.1. The Kier molecular flexibility index (Phi) is 3.64. The van der Waals surface area contributed by atoms with Gasteiger partial charge in [0.05, 0.1) is 11.7 Å². The van der Waals surface area contributed by atoms with Gasteiger partial charge in [-0.15, -0.1) is 0 Å². The largest absolute Gasteiger partial charge is 0.284 e. The van der Waals surface area contributed by atoms with Crippen molar-refractivity contribution in [3.05, 3.63) is 71.4 Å². The predicted molar refractivity (Wildman–Crippen MR) is 91.6 cm³/mol. The first kappa shape index (κ1) is 14.1. The second-order valence-corrected chi connectivity index (χ2v) is 6.21. The first-order chi connectivity index (χ1) is 11.4. The summed E-state index contributed by atoms with van der Waals surface area (Å²) in [5, 5.41) is 4.49. The highest BCUT2D eigenvalue weighted by Gasteiger charge is 2.36. The minimum absolute atomic E-state index is 0.221. The van der Waals surface area contributed by atoms with Crippen LogP contribution in [0.4, 0.5) is 5.69 Å². The Morgan fingerprint density at radius 3 is 2.57 bits per heavy atom. The molecule has 0 radical (unpaired) electrons. The van der Waals surface area contributed by atoms with Crippen LogP contribution in [0.15, 0.2) is 60.3 Å². The van der Waals surface area contributed by atoms with Crippen LogP contribution in [0.25, 0.3) is 0 Å². The van der Waals surface area contributed by atoms with Gasteiger partial charge in [0.1, 0.15) is 11.6 Å². The summed E-state index contributed by atoms with van der Waals surface area (Å²) in [4.78, 5) is 11.5. The first-order valence-corrected chi connectivity index (χ1v) is 8.32. The Hall–Kier alpha value is -2.51. The molecule has 2 aromatic carbocycles. The number of allylic oxidation sites excluding steroid dienone is 1. The summed E-state index contributed by atoms with van der Waals surface area (Å²) in [6, 6.07) is 19.2. The fourth-order valence-corrected chi connectivity index (χ4v) is 3.83. The molecule has 2 aliphatic rings. The number of nitrogens with zero attached hydrogens (tertiary/aromatic N) is 2. The van der Waals surface area contributed by atoms with Crippen molar-refractivity contribution in [2.45, 2.75) is 31.7 Å². The predicted octanol–water partition coefficient (Wildman–Crippen LogP) is 3.91. The molecule has 0 N–H and O–H groups in total. The van der Waals surface area contributed by atoms with E-state index in [1.54, 1.807) is 0 Å². The number of fused-ring (bicyclic) bond motifs is 1. The van der Waals surface area contributed by atoms with Gasteiger partial charge in [-0.25, -0.2) is 4.79 Å². The van der Waals surface area contributed by atoms with Gasteiger partial charge in [0, 0.05) is 13.0 Å². The Labute approximate surface area is 136 Å². The van der Waals surface area contributed by atoms with Crippen LogP contribution >= 0.6 is 0 Å². The SMILES string of the molecule is O=C=C1CCC(c2ccccc2)N1N1CCCc2ccccc21. The van der Waals surface area contributed by atoms with Gasteiger partial charge in [0.2, 0.25) is 0 Å². The van der Waals surface area contributed by atoms with Crippen molar-refractivity contribution in [2.24, 2.45) is 0 Å². The highest BCUT2D eigenvalue weighted by molar-refractivity contribution is 5.59. The zero-order chi connectivity index (χ0) is 15.6. The highest BCUT2D eigenvalue weighted by Crippen LogP contribution is 2.42. The fourth-order valence-electron chi connectivity index (χ4n) is 3.83. The molecule has 0 bridgehead atoms. The third-order valence-electron chi connectivity index (χ3n) is 4.87. The molecule has 2 aromatic rings. The molecule has 23 heavy (non-hydrogen) atoms. The molecule has 1 unspecified atom stereocenters. The normalized spacial score (nSPS) is 20.3. The van der Waals surface area contributed by atoms with Crippen LogP contribution in [0.5, 0.6) is 0 Å². The topological polar surface area (TPSA) is 23.6 Å². The second-order valence-electron chi connectivity index (χ2n) is 6.21. The van der Waals surface area contributed by atoms with Gasteiger partial charge in [-0.1, -0.05) is 48.5 Å². The molecule has 0 aliphatic carbocycles. The van der Waals surface area contributed by atoms with Crippen LogP contribution in [0.1, 0.15) is 36.4 Å². The third kappa shape index (κ3) is 2.43. The van der Waals surface area contributed by atoms with Crippen molar-refractivity contribution in [2.75, 3.05) is 11.6 Å². The molecule has 116 valence electrons. The second kappa shape index (κ2) is 5.94. The summed E-state index contributed by atoms with van der Waals surface area (Å²) < 4.78 is 0. The number of anilines is 1. The number of benzene rings is 2. The molecule has 0 aromatic heterocycles. The Morgan fingerprint density at radius 2 is 1.74 bits per heavy atom. The van der Waals surface area contributed by atoms with Crippen molar-refractivity contribution in [3.63, 3.8) is 0 Å². The molecule has 1 saturated heterocycles. The maximum atomic E-state index is 11.5. The smallest absolute Gasteiger partial charge is 0.147 e. The van der Waals surface area contributed by atoms with Crippen molar-refractivity contribution < 1.29 is 4.79 Å². The van der Waals surface area contributed by atoms with E-state index in [0.717, 1.165) is 37.9 Å². The Balaban J connectivity index is 1.77. The average Bonchev–Trinajstić information content (AvgIpc) is 3.06. The van der Waals surface area contributed by atoms with Crippen molar-refractivity contribution in [1.29, 1.82) is 0 Å². The van der Waals surface area contributed by atoms with Crippen LogP contribution in [0, 0.1) is 0 Å². The standard InChI is InChI=1S/C20H20N2O/c23-15-18-12-13-20(17-7-2-1-3-8-17)22(18)21-14-6-10-16-9-4-5-11-19(16)21/h1-5,7-9,11,20H,6,10,12-14H2. The number of hydrogen-bond donors (Lipinski definition) is 0. The number of aryl methyl sites for hydroxylation is 1. The van der Waals surface area contributed by atoms with E-state index in [-0.39, 0.29) is 6.04 Å². The van der Waals surface area contributed by atoms with E-state index in [0.29, 0.717) is 0 Å². The summed E-state index contributed by atoms with van der Waals surface area (Å²) in [5.74, 6) is 2.19. The molecule has 0 saturated carbocycles. The van der Waals surface area contributed by atoms with Crippen LogP contribution < -0.4 is 5.01 Å². The van der Waals surface area contributed by atoms with Gasteiger partial charge in [0.15, 0.2) is 0 Å². The van der Waals surface area contributed by atoms with E-state index < -0.39 is 0 Å². The number of hydrazine groups is 1. The molecule has 2 heterocycles. The van der Waals surface area contributed by atoms with Crippen molar-refractivity contribution in [1.82, 2.24) is 5.01 Å². The lowest BCUT2D eigenvalue weighted by Gasteiger charge is -2.42. The molecule has 1 atom stereocenters. The first-order valence-electron chi connectivity index (χ1n) is 8.32. The zero-order valence-corrected chi connectivity index (χ0v) is 13.1. The fraction of sp³-hybridized carbons (Fsp3) is 0.300. The van der Waals surface area contributed by atoms with Crippen LogP contribution in [-0.2, 0) is 11.2 Å². The summed E-state index contributed by atoms with van der Waals surface area (Å²) in [7, 11) is 0.